The first kappa shape index (κ1) is 21.3. The molecule has 10 heteroatoms. The Morgan fingerprint density at radius 3 is 2.32 bits per heavy atom. The lowest BCUT2D eigenvalue weighted by Gasteiger charge is -2.17. The number of hydrogen-bond donors (Lipinski definition) is 1. The van der Waals surface area contributed by atoms with Crippen LogP contribution in [0.25, 0.3) is 0 Å². The van der Waals surface area contributed by atoms with Crippen LogP contribution in [0.3, 0.4) is 0 Å². The zero-order valence-corrected chi connectivity index (χ0v) is 18.4. The van der Waals surface area contributed by atoms with Crippen molar-refractivity contribution >= 4 is 81.5 Å². The number of benzene rings is 2. The van der Waals surface area contributed by atoms with E-state index in [0.717, 1.165) is 15.5 Å². The summed E-state index contributed by atoms with van der Waals surface area (Å²) in [5.41, 5.74) is 1.10. The normalized spacial score (nSPS) is 16.4. The molecule has 0 saturated heterocycles. The first-order valence-electron chi connectivity index (χ1n) is 7.94. The van der Waals surface area contributed by atoms with E-state index >= 15 is 0 Å². The van der Waals surface area contributed by atoms with Crippen molar-refractivity contribution in [1.29, 1.82) is 0 Å². The van der Waals surface area contributed by atoms with E-state index in [9.17, 15) is 9.59 Å². The van der Waals surface area contributed by atoms with Crippen molar-refractivity contribution in [2.24, 2.45) is 5.10 Å². The van der Waals surface area contributed by atoms with Gasteiger partial charge in [0.1, 0.15) is 5.69 Å². The Labute approximate surface area is 186 Å². The highest BCUT2D eigenvalue weighted by Gasteiger charge is 2.40. The number of amidine groups is 1. The maximum atomic E-state index is 13.1. The lowest BCUT2D eigenvalue weighted by molar-refractivity contribution is -0.117. The number of hydrazone groups is 1. The van der Waals surface area contributed by atoms with E-state index < -0.39 is 11.2 Å². The van der Waals surface area contributed by atoms with Gasteiger partial charge in [0.25, 0.3) is 5.91 Å². The Morgan fingerprint density at radius 2 is 1.75 bits per heavy atom. The minimum absolute atomic E-state index is 0.171. The van der Waals surface area contributed by atoms with Gasteiger partial charge in [-0.1, -0.05) is 46.4 Å². The van der Waals surface area contributed by atoms with Gasteiger partial charge in [-0.3, -0.25) is 9.59 Å². The van der Waals surface area contributed by atoms with Gasteiger partial charge in [-0.05, 0) is 42.8 Å². The fraction of sp³-hybridized carbons (Fsp3) is 0.167. The second-order valence-corrected chi connectivity index (χ2v) is 8.78. The van der Waals surface area contributed by atoms with Crippen LogP contribution in [0, 0.1) is 6.92 Å². The van der Waals surface area contributed by atoms with Crippen LogP contribution in [0.1, 0.15) is 12.5 Å². The van der Waals surface area contributed by atoms with Gasteiger partial charge < -0.3 is 5.32 Å². The van der Waals surface area contributed by atoms with Crippen LogP contribution in [-0.4, -0.2) is 22.9 Å². The molecule has 0 fully saturated rings. The molecule has 0 aliphatic carbocycles. The van der Waals surface area contributed by atoms with E-state index in [0.29, 0.717) is 10.0 Å². The van der Waals surface area contributed by atoms with Crippen molar-refractivity contribution in [2.45, 2.75) is 24.0 Å². The number of rotatable bonds is 3. The fourth-order valence-electron chi connectivity index (χ4n) is 2.58. The third kappa shape index (κ3) is 4.42. The predicted octanol–water partition coefficient (Wildman–Crippen LogP) is 5.57. The quantitative estimate of drug-likeness (QED) is 0.630. The molecule has 2 aromatic rings. The SMILES string of the molecule is CC(=O)NC1=NN(c2c(Cl)cc(Cl)cc2Cl)C(=O)C1Sc1ccc(Cl)cc1C. The monoisotopic (exact) mass is 475 g/mol. The van der Waals surface area contributed by atoms with Gasteiger partial charge in [0, 0.05) is 21.9 Å². The second kappa shape index (κ2) is 8.51. The highest BCUT2D eigenvalue weighted by Crippen LogP contribution is 2.40. The van der Waals surface area contributed by atoms with Gasteiger partial charge in [0.15, 0.2) is 11.1 Å². The molecule has 3 rings (SSSR count). The Hall–Kier alpha value is -1.44. The molecule has 1 unspecified atom stereocenters. The number of amides is 2. The number of carbonyl (C=O) groups is 2. The molecule has 0 aromatic heterocycles. The molecule has 1 atom stereocenters. The lowest BCUT2D eigenvalue weighted by Crippen LogP contribution is -2.37. The summed E-state index contributed by atoms with van der Waals surface area (Å²) in [7, 11) is 0. The summed E-state index contributed by atoms with van der Waals surface area (Å²) in [6.45, 7) is 3.22. The summed E-state index contributed by atoms with van der Waals surface area (Å²) in [5, 5.41) is 8.45. The van der Waals surface area contributed by atoms with Gasteiger partial charge in [0.2, 0.25) is 5.91 Å². The van der Waals surface area contributed by atoms with E-state index in [2.05, 4.69) is 10.4 Å². The third-order valence-electron chi connectivity index (χ3n) is 3.77. The van der Waals surface area contributed by atoms with Crippen LogP contribution in [0.2, 0.25) is 20.1 Å². The average molecular weight is 477 g/mol. The lowest BCUT2D eigenvalue weighted by atomic mass is 10.2. The Morgan fingerprint density at radius 1 is 1.11 bits per heavy atom. The molecule has 1 N–H and O–H groups in total. The zero-order valence-electron chi connectivity index (χ0n) is 14.6. The molecular weight excluding hydrogens is 464 g/mol. The Bertz CT molecular complexity index is 989. The van der Waals surface area contributed by atoms with Crippen molar-refractivity contribution in [3.63, 3.8) is 0 Å². The van der Waals surface area contributed by atoms with Crippen molar-refractivity contribution < 1.29 is 9.59 Å². The number of nitrogens with one attached hydrogen (secondary N) is 1. The average Bonchev–Trinajstić information content (AvgIpc) is 2.85. The highest BCUT2D eigenvalue weighted by atomic mass is 35.5. The molecule has 146 valence electrons. The van der Waals surface area contributed by atoms with Crippen molar-refractivity contribution in [1.82, 2.24) is 5.32 Å². The second-order valence-electron chi connectivity index (χ2n) is 5.94. The Balaban J connectivity index is 2.01. The number of thioether (sulfide) groups is 1. The van der Waals surface area contributed by atoms with E-state index in [-0.39, 0.29) is 27.5 Å². The minimum atomic E-state index is -0.786. The number of hydrogen-bond acceptors (Lipinski definition) is 4. The number of aryl methyl sites for hydroxylation is 1. The van der Waals surface area contributed by atoms with Crippen LogP contribution in [0.15, 0.2) is 40.3 Å². The smallest absolute Gasteiger partial charge is 0.268 e. The summed E-state index contributed by atoms with van der Waals surface area (Å²) < 4.78 is 0. The van der Waals surface area contributed by atoms with Gasteiger partial charge in [-0.15, -0.1) is 16.9 Å². The molecule has 0 saturated carbocycles. The molecule has 2 amide bonds. The van der Waals surface area contributed by atoms with Gasteiger partial charge >= 0.3 is 0 Å². The van der Waals surface area contributed by atoms with Crippen LogP contribution < -0.4 is 10.3 Å². The number of halogens is 4. The molecule has 0 bridgehead atoms. The van der Waals surface area contributed by atoms with Crippen LogP contribution >= 0.6 is 58.2 Å². The molecule has 1 aliphatic rings. The van der Waals surface area contributed by atoms with E-state index in [1.165, 1.54) is 30.8 Å². The molecule has 2 aromatic carbocycles. The molecule has 28 heavy (non-hydrogen) atoms. The predicted molar refractivity (Wildman–Crippen MR) is 116 cm³/mol. The van der Waals surface area contributed by atoms with Gasteiger partial charge in [-0.25, -0.2) is 0 Å². The summed E-state index contributed by atoms with van der Waals surface area (Å²) in [6, 6.07) is 8.27. The van der Waals surface area contributed by atoms with Crippen LogP contribution in [-0.2, 0) is 9.59 Å². The summed E-state index contributed by atoms with van der Waals surface area (Å²) in [5.74, 6) is -0.548. The van der Waals surface area contributed by atoms with E-state index in [1.54, 1.807) is 12.1 Å². The number of nitrogens with zero attached hydrogens (tertiary/aromatic N) is 2. The third-order valence-corrected chi connectivity index (χ3v) is 6.17. The molecule has 0 spiro atoms. The largest absolute Gasteiger partial charge is 0.312 e. The highest BCUT2D eigenvalue weighted by molar-refractivity contribution is 8.01. The first-order valence-corrected chi connectivity index (χ1v) is 10.3. The maximum absolute atomic E-state index is 13.1. The summed E-state index contributed by atoms with van der Waals surface area (Å²) >= 11 is 25.7. The minimum Gasteiger partial charge on any atom is -0.312 e. The summed E-state index contributed by atoms with van der Waals surface area (Å²) in [4.78, 5) is 25.6. The number of carbonyl (C=O) groups excluding carboxylic acids is 2. The van der Waals surface area contributed by atoms with E-state index in [1.807, 2.05) is 13.0 Å². The van der Waals surface area contributed by atoms with Crippen molar-refractivity contribution in [3.8, 4) is 0 Å². The van der Waals surface area contributed by atoms with E-state index in [4.69, 9.17) is 46.4 Å². The van der Waals surface area contributed by atoms with Crippen molar-refractivity contribution in [3.05, 3.63) is 56.0 Å². The van der Waals surface area contributed by atoms with Crippen LogP contribution in [0.5, 0.6) is 0 Å². The zero-order chi connectivity index (χ0) is 20.6. The van der Waals surface area contributed by atoms with Crippen LogP contribution in [0.4, 0.5) is 5.69 Å². The van der Waals surface area contributed by atoms with Crippen molar-refractivity contribution in [2.75, 3.05) is 5.01 Å². The molecule has 1 heterocycles. The summed E-state index contributed by atoms with van der Waals surface area (Å²) in [6.07, 6.45) is 0. The number of anilines is 1. The topological polar surface area (TPSA) is 61.8 Å². The van der Waals surface area contributed by atoms with Gasteiger partial charge in [0.05, 0.1) is 10.0 Å². The Kier molecular flexibility index (Phi) is 6.47. The first-order chi connectivity index (χ1) is 13.2. The molecule has 0 radical (unpaired) electrons. The molecule has 1 aliphatic heterocycles. The fourth-order valence-corrected chi connectivity index (χ4v) is 4.85. The van der Waals surface area contributed by atoms with Gasteiger partial charge in [-0.2, -0.15) is 5.01 Å². The maximum Gasteiger partial charge on any atom is 0.268 e. The standard InChI is InChI=1S/C18H13Cl4N3O2S/c1-8-5-10(19)3-4-14(8)28-16-17(23-9(2)26)24-25(18(16)27)15-12(21)6-11(20)7-13(15)22/h3-7,16H,1-2H3,(H,23,24,26). The molecule has 5 nitrogen and oxygen atoms in total. The molecular formula is C18H13Cl4N3O2S.